The fourth-order valence-corrected chi connectivity index (χ4v) is 2.57. The third kappa shape index (κ3) is 4.39. The van der Waals surface area contributed by atoms with Crippen molar-refractivity contribution in [3.8, 4) is 17.6 Å². The van der Waals surface area contributed by atoms with Crippen LogP contribution in [0.1, 0.15) is 11.1 Å². The molecule has 0 fully saturated rings. The molecule has 0 unspecified atom stereocenters. The summed E-state index contributed by atoms with van der Waals surface area (Å²) in [6, 6.07) is 9.20. The van der Waals surface area contributed by atoms with Gasteiger partial charge in [-0.2, -0.15) is 5.26 Å². The minimum absolute atomic E-state index is 0.0252. The summed E-state index contributed by atoms with van der Waals surface area (Å²) in [6.45, 7) is 1.72. The maximum absolute atomic E-state index is 12.5. The van der Waals surface area contributed by atoms with Crippen LogP contribution in [-0.4, -0.2) is 25.1 Å². The molecule has 0 radical (unpaired) electrons. The number of nitriles is 1. The Kier molecular flexibility index (Phi) is 6.58. The molecule has 0 aliphatic rings. The van der Waals surface area contributed by atoms with Crippen molar-refractivity contribution in [2.75, 3.05) is 19.5 Å². The van der Waals surface area contributed by atoms with Crippen LogP contribution in [0, 0.1) is 28.4 Å². The molecule has 2 aromatic rings. The second-order valence-corrected chi connectivity index (χ2v) is 5.97. The number of methoxy groups -OCH3 is 2. The molecule has 1 N–H and O–H groups in total. The Morgan fingerprint density at radius 3 is 2.50 bits per heavy atom. The SMILES string of the molecule is COc1cc(/C=C(\C#N)C(=O)Nc2cccc(Cl)c2C)c([N+](=O)[O-])cc1OC. The van der Waals surface area contributed by atoms with Crippen molar-refractivity contribution in [2.24, 2.45) is 0 Å². The van der Waals surface area contributed by atoms with Crippen LogP contribution in [0.2, 0.25) is 5.02 Å². The van der Waals surface area contributed by atoms with Crippen molar-refractivity contribution in [2.45, 2.75) is 6.92 Å². The Hall–Kier alpha value is -3.57. The first-order valence-electron chi connectivity index (χ1n) is 7.91. The first kappa shape index (κ1) is 20.7. The number of halogens is 1. The largest absolute Gasteiger partial charge is 0.493 e. The van der Waals surface area contributed by atoms with E-state index in [1.54, 1.807) is 31.2 Å². The highest BCUT2D eigenvalue weighted by Gasteiger charge is 2.20. The Bertz CT molecular complexity index is 1010. The van der Waals surface area contributed by atoms with Crippen LogP contribution in [0.4, 0.5) is 11.4 Å². The summed E-state index contributed by atoms with van der Waals surface area (Å²) >= 11 is 6.03. The summed E-state index contributed by atoms with van der Waals surface area (Å²) in [5.41, 5.74) is 0.427. The Labute approximate surface area is 166 Å². The zero-order valence-electron chi connectivity index (χ0n) is 15.3. The third-order valence-corrected chi connectivity index (χ3v) is 4.32. The van der Waals surface area contributed by atoms with Crippen molar-refractivity contribution >= 4 is 35.0 Å². The molecular weight excluding hydrogens is 386 g/mol. The molecule has 0 bridgehead atoms. The molecule has 0 spiro atoms. The van der Waals surface area contributed by atoms with Gasteiger partial charge in [-0.1, -0.05) is 17.7 Å². The normalized spacial score (nSPS) is 10.8. The number of nitro benzene ring substituents is 1. The minimum atomic E-state index is -0.725. The molecule has 0 aromatic heterocycles. The average Bonchev–Trinajstić information content (AvgIpc) is 2.68. The number of rotatable bonds is 6. The molecular formula is C19H16ClN3O5. The van der Waals surface area contributed by atoms with E-state index in [1.807, 2.05) is 0 Å². The lowest BCUT2D eigenvalue weighted by atomic mass is 10.1. The first-order valence-corrected chi connectivity index (χ1v) is 8.28. The lowest BCUT2D eigenvalue weighted by Crippen LogP contribution is -2.14. The number of ether oxygens (including phenoxy) is 2. The van der Waals surface area contributed by atoms with Crippen LogP contribution < -0.4 is 14.8 Å². The highest BCUT2D eigenvalue weighted by atomic mass is 35.5. The van der Waals surface area contributed by atoms with Crippen LogP contribution in [0.15, 0.2) is 35.9 Å². The van der Waals surface area contributed by atoms with Gasteiger partial charge in [0.05, 0.1) is 30.8 Å². The third-order valence-electron chi connectivity index (χ3n) is 3.91. The van der Waals surface area contributed by atoms with Gasteiger partial charge in [0.25, 0.3) is 11.6 Å². The van der Waals surface area contributed by atoms with E-state index in [2.05, 4.69) is 5.32 Å². The smallest absolute Gasteiger partial charge is 0.280 e. The Morgan fingerprint density at radius 1 is 1.29 bits per heavy atom. The Morgan fingerprint density at radius 2 is 1.93 bits per heavy atom. The monoisotopic (exact) mass is 401 g/mol. The zero-order valence-corrected chi connectivity index (χ0v) is 16.0. The van der Waals surface area contributed by atoms with Crippen LogP contribution >= 0.6 is 11.6 Å². The van der Waals surface area contributed by atoms with Crippen LogP contribution in [0.25, 0.3) is 6.08 Å². The maximum atomic E-state index is 12.5. The van der Waals surface area contributed by atoms with Crippen LogP contribution in [0.3, 0.4) is 0 Å². The number of anilines is 1. The van der Waals surface area contributed by atoms with E-state index in [9.17, 15) is 20.2 Å². The molecule has 0 aliphatic carbocycles. The molecule has 9 heteroatoms. The standard InChI is InChI=1S/C19H16ClN3O5/c1-11-14(20)5-4-6-15(11)22-19(24)13(10-21)7-12-8-17(27-2)18(28-3)9-16(12)23(25)26/h4-9H,1-3H3,(H,22,24)/b13-7+. The van der Waals surface area contributed by atoms with Gasteiger partial charge >= 0.3 is 0 Å². The van der Waals surface area contributed by atoms with Crippen LogP contribution in [-0.2, 0) is 4.79 Å². The van der Waals surface area contributed by atoms with Gasteiger partial charge in [0.2, 0.25) is 0 Å². The van der Waals surface area contributed by atoms with E-state index in [1.165, 1.54) is 26.4 Å². The second-order valence-electron chi connectivity index (χ2n) is 5.56. The van der Waals surface area contributed by atoms with Gasteiger partial charge in [0.1, 0.15) is 11.6 Å². The van der Waals surface area contributed by atoms with E-state index in [-0.39, 0.29) is 28.3 Å². The molecule has 2 rings (SSSR count). The number of carbonyl (C=O) groups is 1. The zero-order chi connectivity index (χ0) is 20.8. The number of nitro groups is 1. The number of nitrogens with zero attached hydrogens (tertiary/aromatic N) is 2. The van der Waals surface area contributed by atoms with E-state index in [0.717, 1.165) is 6.08 Å². The van der Waals surface area contributed by atoms with E-state index in [0.29, 0.717) is 16.3 Å². The summed E-state index contributed by atoms with van der Waals surface area (Å²) in [5.74, 6) is -0.344. The quantitative estimate of drug-likeness (QED) is 0.337. The summed E-state index contributed by atoms with van der Waals surface area (Å²) in [5, 5.41) is 23.8. The molecule has 0 aliphatic heterocycles. The summed E-state index contributed by atoms with van der Waals surface area (Å²) in [6.07, 6.45) is 1.12. The van der Waals surface area contributed by atoms with Gasteiger partial charge < -0.3 is 14.8 Å². The van der Waals surface area contributed by atoms with Gasteiger partial charge in [0.15, 0.2) is 11.5 Å². The van der Waals surface area contributed by atoms with E-state index >= 15 is 0 Å². The molecule has 0 atom stereocenters. The van der Waals surface area contributed by atoms with Crippen molar-refractivity contribution in [1.29, 1.82) is 5.26 Å². The van der Waals surface area contributed by atoms with E-state index in [4.69, 9.17) is 21.1 Å². The van der Waals surface area contributed by atoms with Gasteiger partial charge in [-0.05, 0) is 36.8 Å². The number of amides is 1. The molecule has 2 aromatic carbocycles. The Balaban J connectivity index is 2.48. The fourth-order valence-electron chi connectivity index (χ4n) is 2.39. The number of benzene rings is 2. The van der Waals surface area contributed by atoms with Gasteiger partial charge in [-0.15, -0.1) is 0 Å². The number of nitrogens with one attached hydrogen (secondary N) is 1. The molecule has 8 nitrogen and oxygen atoms in total. The summed E-state index contributed by atoms with van der Waals surface area (Å²) in [4.78, 5) is 23.2. The molecule has 1 amide bonds. The molecule has 0 saturated carbocycles. The predicted octanol–water partition coefficient (Wildman–Crippen LogP) is 4.12. The highest BCUT2D eigenvalue weighted by molar-refractivity contribution is 6.31. The predicted molar refractivity (Wildman–Crippen MR) is 105 cm³/mol. The van der Waals surface area contributed by atoms with Crippen molar-refractivity contribution < 1.29 is 19.2 Å². The van der Waals surface area contributed by atoms with Crippen molar-refractivity contribution in [3.05, 3.63) is 62.2 Å². The summed E-state index contributed by atoms with van der Waals surface area (Å²) in [7, 11) is 2.72. The molecule has 0 saturated heterocycles. The fraction of sp³-hybridized carbons (Fsp3) is 0.158. The number of hydrogen-bond donors (Lipinski definition) is 1. The first-order chi connectivity index (χ1) is 13.3. The topological polar surface area (TPSA) is 114 Å². The average molecular weight is 402 g/mol. The van der Waals surface area contributed by atoms with Gasteiger partial charge in [0, 0.05) is 10.7 Å². The molecule has 0 heterocycles. The van der Waals surface area contributed by atoms with Gasteiger partial charge in [-0.3, -0.25) is 14.9 Å². The molecule has 144 valence electrons. The lowest BCUT2D eigenvalue weighted by molar-refractivity contribution is -0.385. The van der Waals surface area contributed by atoms with Gasteiger partial charge in [-0.25, -0.2) is 0 Å². The summed E-state index contributed by atoms with van der Waals surface area (Å²) < 4.78 is 10.2. The highest BCUT2D eigenvalue weighted by Crippen LogP contribution is 2.35. The number of hydrogen-bond acceptors (Lipinski definition) is 6. The van der Waals surface area contributed by atoms with E-state index < -0.39 is 10.8 Å². The second kappa shape index (κ2) is 8.88. The van der Waals surface area contributed by atoms with Crippen molar-refractivity contribution in [1.82, 2.24) is 0 Å². The minimum Gasteiger partial charge on any atom is -0.493 e. The maximum Gasteiger partial charge on any atom is 0.280 e. The molecule has 28 heavy (non-hydrogen) atoms. The lowest BCUT2D eigenvalue weighted by Gasteiger charge is -2.10. The number of carbonyl (C=O) groups excluding carboxylic acids is 1. The van der Waals surface area contributed by atoms with Crippen molar-refractivity contribution in [3.63, 3.8) is 0 Å². The van der Waals surface area contributed by atoms with Crippen LogP contribution in [0.5, 0.6) is 11.5 Å².